The number of hydrogen-bond acceptors (Lipinski definition) is 9. The van der Waals surface area contributed by atoms with E-state index in [1.165, 1.54) is 0 Å². The second-order valence-corrected chi connectivity index (χ2v) is 18.2. The Hall–Kier alpha value is -0.360. The van der Waals surface area contributed by atoms with Crippen molar-refractivity contribution in [2.45, 2.75) is 174 Å². The lowest BCUT2D eigenvalue weighted by Crippen LogP contribution is -2.67. The molecule has 4 saturated carbocycles. The molecule has 0 radical (unpaired) electrons. The first-order chi connectivity index (χ1) is 20.6. The predicted octanol–water partition coefficient (Wildman–Crippen LogP) is 3.52. The van der Waals surface area contributed by atoms with Crippen molar-refractivity contribution in [1.29, 1.82) is 0 Å². The summed E-state index contributed by atoms with van der Waals surface area (Å²) in [4.78, 5) is 0. The zero-order chi connectivity index (χ0) is 33.5. The van der Waals surface area contributed by atoms with Crippen molar-refractivity contribution in [2.75, 3.05) is 6.61 Å². The van der Waals surface area contributed by atoms with Gasteiger partial charge >= 0.3 is 0 Å². The molecule has 4 aliphatic carbocycles. The largest absolute Gasteiger partial charge is 0.394 e. The zero-order valence-corrected chi connectivity index (χ0v) is 29.1. The first-order valence-electron chi connectivity index (χ1n) is 17.7. The number of hydrogen-bond donors (Lipinski definition) is 7. The minimum atomic E-state index is -1.47. The first-order valence-corrected chi connectivity index (χ1v) is 17.7. The Balaban J connectivity index is 1.36. The van der Waals surface area contributed by atoms with Gasteiger partial charge in [0.1, 0.15) is 24.4 Å². The molecule has 1 saturated heterocycles. The molecule has 0 aromatic rings. The number of ether oxygens (including phenoxy) is 2. The van der Waals surface area contributed by atoms with E-state index in [4.69, 9.17) is 9.47 Å². The number of aliphatic hydroxyl groups excluding tert-OH is 5. The van der Waals surface area contributed by atoms with Crippen LogP contribution in [0.4, 0.5) is 0 Å². The molecule has 262 valence electrons. The maximum Gasteiger partial charge on any atom is 0.186 e. The van der Waals surface area contributed by atoms with E-state index < -0.39 is 54.6 Å². The van der Waals surface area contributed by atoms with Crippen LogP contribution in [0.5, 0.6) is 0 Å². The Morgan fingerprint density at radius 1 is 0.778 bits per heavy atom. The molecular weight excluding hydrogens is 576 g/mol. The van der Waals surface area contributed by atoms with Crippen molar-refractivity contribution in [2.24, 2.45) is 45.3 Å². The summed E-state index contributed by atoms with van der Waals surface area (Å²) in [5.41, 5.74) is -2.11. The van der Waals surface area contributed by atoms with Crippen LogP contribution in [0, 0.1) is 45.3 Å². The van der Waals surface area contributed by atoms with E-state index in [-0.39, 0.29) is 39.6 Å². The summed E-state index contributed by atoms with van der Waals surface area (Å²) in [5.74, 6) is 0.629. The highest BCUT2D eigenvalue weighted by Gasteiger charge is 2.71. The van der Waals surface area contributed by atoms with Crippen LogP contribution < -0.4 is 0 Å². The van der Waals surface area contributed by atoms with Gasteiger partial charge in [-0.05, 0) is 130 Å². The van der Waals surface area contributed by atoms with Crippen molar-refractivity contribution >= 4 is 0 Å². The van der Waals surface area contributed by atoms with E-state index in [1.807, 2.05) is 20.8 Å². The summed E-state index contributed by atoms with van der Waals surface area (Å²) >= 11 is 0. The maximum absolute atomic E-state index is 12.0. The molecule has 9 heteroatoms. The van der Waals surface area contributed by atoms with Crippen molar-refractivity contribution in [1.82, 2.24) is 0 Å². The second-order valence-electron chi connectivity index (χ2n) is 18.2. The molecule has 0 unspecified atom stereocenters. The molecule has 9 nitrogen and oxygen atoms in total. The summed E-state index contributed by atoms with van der Waals surface area (Å²) in [6, 6.07) is 0. The monoisotopic (exact) mass is 640 g/mol. The first kappa shape index (κ1) is 35.9. The molecule has 5 rings (SSSR count). The van der Waals surface area contributed by atoms with Gasteiger partial charge in [0, 0.05) is 0 Å². The van der Waals surface area contributed by atoms with Crippen LogP contribution in [0.2, 0.25) is 0 Å². The Labute approximate surface area is 270 Å². The van der Waals surface area contributed by atoms with Crippen molar-refractivity contribution in [3.63, 3.8) is 0 Å². The van der Waals surface area contributed by atoms with Crippen LogP contribution >= 0.6 is 0 Å². The highest BCUT2D eigenvalue weighted by Crippen LogP contribution is 2.76. The number of fused-ring (bicyclic) bond motifs is 5. The van der Waals surface area contributed by atoms with Gasteiger partial charge in [0.2, 0.25) is 0 Å². The average Bonchev–Trinajstić information content (AvgIpc) is 3.31. The fraction of sp³-hybridized carbons (Fsp3) is 1.00. The smallest absolute Gasteiger partial charge is 0.186 e. The SMILES string of the molecule is CC(C)(O)CCC[C@@](C)(O)[C@H]1CC[C@]2(C)[C@@H]1[C@H](O)C[C@@H]1[C@@]3(C)CC[C@H](O[C@@H]4O[C@H](CO)[C@@H](O)[C@H](O)[C@H]4O)C(C)(C)[C@@H]3CC[C@]12C. The quantitative estimate of drug-likeness (QED) is 0.197. The second kappa shape index (κ2) is 11.9. The third-order valence-electron chi connectivity index (χ3n) is 14.7. The summed E-state index contributed by atoms with van der Waals surface area (Å²) in [6.07, 6.45) is 1.05. The molecule has 5 aliphatic rings. The van der Waals surface area contributed by atoms with Gasteiger partial charge in [-0.2, -0.15) is 0 Å². The van der Waals surface area contributed by atoms with E-state index >= 15 is 0 Å². The van der Waals surface area contributed by atoms with Gasteiger partial charge in [0.25, 0.3) is 0 Å². The molecule has 5 fully saturated rings. The number of aliphatic hydroxyl groups is 7. The molecule has 0 spiro atoms. The fourth-order valence-corrected chi connectivity index (χ4v) is 12.1. The molecule has 1 aliphatic heterocycles. The molecule has 15 atom stereocenters. The minimum Gasteiger partial charge on any atom is -0.394 e. The zero-order valence-electron chi connectivity index (χ0n) is 29.1. The van der Waals surface area contributed by atoms with Gasteiger partial charge in [-0.1, -0.05) is 34.6 Å². The third-order valence-corrected chi connectivity index (χ3v) is 14.7. The Morgan fingerprint density at radius 2 is 1.42 bits per heavy atom. The minimum absolute atomic E-state index is 0.00110. The van der Waals surface area contributed by atoms with Gasteiger partial charge in [-0.25, -0.2) is 0 Å². The lowest BCUT2D eigenvalue weighted by atomic mass is 9.35. The summed E-state index contributed by atoms with van der Waals surface area (Å²) in [6.45, 7) is 16.8. The van der Waals surface area contributed by atoms with Crippen molar-refractivity contribution in [3.8, 4) is 0 Å². The standard InChI is InChI=1S/C36H64O9/c1-31(2,42)13-9-14-36(8,43)20-10-16-35(7)26(20)21(38)18-24-33(5)15-12-25(32(3,4)23(33)11-17-34(24,35)6)45-30-29(41)28(40)27(39)22(19-37)44-30/h20-30,37-43H,9-19H2,1-8H3/t20-,21+,22+,23-,24+,25-,26-,27+,28-,29+,30-,33-,34+,35+,36+/m0/s1. The van der Waals surface area contributed by atoms with Gasteiger partial charge < -0.3 is 45.2 Å². The van der Waals surface area contributed by atoms with Crippen molar-refractivity contribution < 1.29 is 45.2 Å². The van der Waals surface area contributed by atoms with Gasteiger partial charge in [0.15, 0.2) is 6.29 Å². The average molecular weight is 641 g/mol. The van der Waals surface area contributed by atoms with Gasteiger partial charge in [0.05, 0.1) is 30.0 Å². The molecule has 0 aromatic carbocycles. The lowest BCUT2D eigenvalue weighted by Gasteiger charge is -2.70. The normalized spacial score (nSPS) is 51.1. The maximum atomic E-state index is 12.0. The molecule has 0 amide bonds. The number of rotatable bonds is 8. The van der Waals surface area contributed by atoms with E-state index in [2.05, 4.69) is 34.6 Å². The Kier molecular flexibility index (Phi) is 9.51. The highest BCUT2D eigenvalue weighted by atomic mass is 16.7. The lowest BCUT2D eigenvalue weighted by molar-refractivity contribution is -0.332. The molecule has 7 N–H and O–H groups in total. The van der Waals surface area contributed by atoms with Crippen LogP contribution in [0.25, 0.3) is 0 Å². The molecule has 1 heterocycles. The van der Waals surface area contributed by atoms with Gasteiger partial charge in [-0.3, -0.25) is 0 Å². The van der Waals surface area contributed by atoms with E-state index in [0.29, 0.717) is 31.1 Å². The summed E-state index contributed by atoms with van der Waals surface area (Å²) in [5, 5.41) is 75.1. The van der Waals surface area contributed by atoms with Gasteiger partial charge in [-0.15, -0.1) is 0 Å². The topological polar surface area (TPSA) is 160 Å². The molecule has 45 heavy (non-hydrogen) atoms. The highest BCUT2D eigenvalue weighted by molar-refractivity contribution is 5.20. The van der Waals surface area contributed by atoms with Crippen LogP contribution in [-0.4, -0.2) is 96.5 Å². The van der Waals surface area contributed by atoms with E-state index in [0.717, 1.165) is 44.9 Å². The molecule has 0 aromatic heterocycles. The van der Waals surface area contributed by atoms with Crippen molar-refractivity contribution in [3.05, 3.63) is 0 Å². The molecule has 0 bridgehead atoms. The molecular formula is C36H64O9. The van der Waals surface area contributed by atoms with Crippen LogP contribution in [0.15, 0.2) is 0 Å². The fourth-order valence-electron chi connectivity index (χ4n) is 12.1. The third kappa shape index (κ3) is 5.76. The summed E-state index contributed by atoms with van der Waals surface area (Å²) < 4.78 is 12.2. The van der Waals surface area contributed by atoms with E-state index in [1.54, 1.807) is 0 Å². The van der Waals surface area contributed by atoms with Crippen LogP contribution in [0.1, 0.15) is 120 Å². The predicted molar refractivity (Wildman–Crippen MR) is 170 cm³/mol. The summed E-state index contributed by atoms with van der Waals surface area (Å²) in [7, 11) is 0. The van der Waals surface area contributed by atoms with E-state index in [9.17, 15) is 35.7 Å². The Morgan fingerprint density at radius 3 is 2.04 bits per heavy atom. The van der Waals surface area contributed by atoms with Crippen LogP contribution in [-0.2, 0) is 9.47 Å². The Bertz CT molecular complexity index is 1060. The van der Waals surface area contributed by atoms with Crippen LogP contribution in [0.3, 0.4) is 0 Å².